The SMILES string of the molecule is C=C(C)Cc1ccc(Oc2nc(Oc3ccc(CC(=C)C)cc3OC)nc(Oc3ccc(CC(=C)C)cc3OC)n2)c(OC)c1. The number of allylic oxidation sites excluding steroid dienone is 3. The van der Waals surface area contributed by atoms with Gasteiger partial charge in [0.05, 0.1) is 21.3 Å². The Kier molecular flexibility index (Phi) is 10.8. The molecule has 0 saturated heterocycles. The molecule has 0 bridgehead atoms. The molecule has 1 heterocycles. The third-order valence-electron chi connectivity index (χ3n) is 6.38. The Labute approximate surface area is 264 Å². The lowest BCUT2D eigenvalue weighted by molar-refractivity contribution is 0.327. The van der Waals surface area contributed by atoms with E-state index in [2.05, 4.69) is 34.7 Å². The highest BCUT2D eigenvalue weighted by Gasteiger charge is 2.18. The van der Waals surface area contributed by atoms with Crippen molar-refractivity contribution >= 4 is 0 Å². The molecule has 0 atom stereocenters. The van der Waals surface area contributed by atoms with E-state index in [0.717, 1.165) is 33.4 Å². The molecule has 0 aliphatic heterocycles. The van der Waals surface area contributed by atoms with Crippen LogP contribution in [0.15, 0.2) is 91.1 Å². The molecule has 9 nitrogen and oxygen atoms in total. The molecule has 3 aromatic carbocycles. The monoisotopic (exact) mass is 609 g/mol. The highest BCUT2D eigenvalue weighted by Crippen LogP contribution is 2.37. The van der Waals surface area contributed by atoms with E-state index in [-0.39, 0.29) is 18.0 Å². The summed E-state index contributed by atoms with van der Waals surface area (Å²) in [6.07, 6.45) is 2.12. The summed E-state index contributed by atoms with van der Waals surface area (Å²) in [5.74, 6) is 2.70. The van der Waals surface area contributed by atoms with Crippen LogP contribution in [0, 0.1) is 0 Å². The van der Waals surface area contributed by atoms with Gasteiger partial charge in [-0.25, -0.2) is 0 Å². The van der Waals surface area contributed by atoms with E-state index >= 15 is 0 Å². The van der Waals surface area contributed by atoms with Crippen LogP contribution in [0.2, 0.25) is 0 Å². The predicted molar refractivity (Wildman–Crippen MR) is 175 cm³/mol. The first kappa shape index (κ1) is 32.6. The van der Waals surface area contributed by atoms with Gasteiger partial charge in [0.1, 0.15) is 0 Å². The second-order valence-electron chi connectivity index (χ2n) is 10.8. The molecule has 4 aromatic rings. The lowest BCUT2D eigenvalue weighted by atomic mass is 10.1. The quantitative estimate of drug-likeness (QED) is 0.123. The van der Waals surface area contributed by atoms with Crippen LogP contribution in [0.25, 0.3) is 0 Å². The van der Waals surface area contributed by atoms with Gasteiger partial charge in [-0.15, -0.1) is 15.0 Å². The maximum atomic E-state index is 6.10. The number of nitrogens with zero attached hydrogens (tertiary/aromatic N) is 3. The van der Waals surface area contributed by atoms with Crippen molar-refractivity contribution in [1.29, 1.82) is 0 Å². The highest BCUT2D eigenvalue weighted by molar-refractivity contribution is 5.48. The first-order valence-corrected chi connectivity index (χ1v) is 14.3. The Balaban J connectivity index is 1.73. The molecule has 0 amide bonds. The minimum atomic E-state index is -0.0725. The lowest BCUT2D eigenvalue weighted by Gasteiger charge is -2.15. The Morgan fingerprint density at radius 2 is 0.733 bits per heavy atom. The molecule has 0 unspecified atom stereocenters. The second-order valence-corrected chi connectivity index (χ2v) is 10.8. The van der Waals surface area contributed by atoms with E-state index in [4.69, 9.17) is 28.4 Å². The molecule has 1 aromatic heterocycles. The van der Waals surface area contributed by atoms with Crippen LogP contribution in [0.5, 0.6) is 52.5 Å². The Bertz CT molecular complexity index is 1500. The molecule has 0 fully saturated rings. The largest absolute Gasteiger partial charge is 0.493 e. The van der Waals surface area contributed by atoms with E-state index in [9.17, 15) is 0 Å². The Hall–Kier alpha value is -5.31. The van der Waals surface area contributed by atoms with Crippen LogP contribution in [-0.4, -0.2) is 36.3 Å². The average Bonchev–Trinajstić information content (AvgIpc) is 2.98. The van der Waals surface area contributed by atoms with Crippen molar-refractivity contribution in [3.63, 3.8) is 0 Å². The number of aromatic nitrogens is 3. The lowest BCUT2D eigenvalue weighted by Crippen LogP contribution is -2.03. The third kappa shape index (κ3) is 9.09. The first-order chi connectivity index (χ1) is 21.6. The van der Waals surface area contributed by atoms with Crippen molar-refractivity contribution in [3.05, 3.63) is 108 Å². The van der Waals surface area contributed by atoms with Gasteiger partial charge in [0, 0.05) is 0 Å². The molecule has 0 aliphatic rings. The number of hydrogen-bond donors (Lipinski definition) is 0. The van der Waals surface area contributed by atoms with Crippen LogP contribution >= 0.6 is 0 Å². The molecule has 4 rings (SSSR count). The van der Waals surface area contributed by atoms with Crippen molar-refractivity contribution in [1.82, 2.24) is 15.0 Å². The van der Waals surface area contributed by atoms with Gasteiger partial charge in [-0.3, -0.25) is 0 Å². The molecular formula is C36H39N3O6. The predicted octanol–water partition coefficient (Wildman–Crippen LogP) is 8.63. The van der Waals surface area contributed by atoms with Gasteiger partial charge in [0.25, 0.3) is 0 Å². The zero-order chi connectivity index (χ0) is 32.5. The maximum Gasteiger partial charge on any atom is 0.331 e. The van der Waals surface area contributed by atoms with Gasteiger partial charge in [0.2, 0.25) is 0 Å². The van der Waals surface area contributed by atoms with Crippen LogP contribution in [0.4, 0.5) is 0 Å². The first-order valence-electron chi connectivity index (χ1n) is 14.3. The summed E-state index contributed by atoms with van der Waals surface area (Å²) in [5, 5.41) is 0. The second kappa shape index (κ2) is 14.9. The Morgan fingerprint density at radius 1 is 0.467 bits per heavy atom. The summed E-state index contributed by atoms with van der Waals surface area (Å²) in [6, 6.07) is 16.6. The van der Waals surface area contributed by atoms with Gasteiger partial charge in [-0.1, -0.05) is 54.7 Å². The number of methoxy groups -OCH3 is 3. The minimum Gasteiger partial charge on any atom is -0.493 e. The molecule has 0 N–H and O–H groups in total. The van der Waals surface area contributed by atoms with Crippen molar-refractivity contribution in [2.75, 3.05) is 21.3 Å². The highest BCUT2D eigenvalue weighted by atomic mass is 16.6. The molecular weight excluding hydrogens is 570 g/mol. The van der Waals surface area contributed by atoms with Crippen LogP contribution in [0.1, 0.15) is 37.5 Å². The van der Waals surface area contributed by atoms with Crippen molar-refractivity contribution < 1.29 is 28.4 Å². The Morgan fingerprint density at radius 3 is 0.956 bits per heavy atom. The maximum absolute atomic E-state index is 6.10. The standard InChI is InChI=1S/C36H39N3O6/c1-22(2)16-25-10-13-28(31(19-25)40-7)43-34-37-35(44-29-14-11-26(17-23(3)4)20-32(29)41-8)39-36(38-34)45-30-15-12-27(18-24(5)6)21-33(30)42-9/h10-15,19-21H,1,3,5,16-18H2,2,4,6-9H3. The van der Waals surface area contributed by atoms with Crippen molar-refractivity contribution in [3.8, 4) is 52.5 Å². The van der Waals surface area contributed by atoms with Crippen LogP contribution in [-0.2, 0) is 19.3 Å². The fourth-order valence-electron chi connectivity index (χ4n) is 4.52. The van der Waals surface area contributed by atoms with Crippen LogP contribution in [0.3, 0.4) is 0 Å². The van der Waals surface area contributed by atoms with Gasteiger partial charge in [0.15, 0.2) is 34.5 Å². The van der Waals surface area contributed by atoms with Crippen LogP contribution < -0.4 is 28.4 Å². The van der Waals surface area contributed by atoms with E-state index in [1.165, 1.54) is 0 Å². The third-order valence-corrected chi connectivity index (χ3v) is 6.38. The number of benzene rings is 3. The van der Waals surface area contributed by atoms with Gasteiger partial charge < -0.3 is 28.4 Å². The normalized spacial score (nSPS) is 10.5. The summed E-state index contributed by atoms with van der Waals surface area (Å²) < 4.78 is 35.1. The van der Waals surface area contributed by atoms with Gasteiger partial charge in [-0.05, 0) is 93.1 Å². The summed E-state index contributed by atoms with van der Waals surface area (Å²) in [5.41, 5.74) is 6.16. The minimum absolute atomic E-state index is 0.0725. The summed E-state index contributed by atoms with van der Waals surface area (Å²) in [6.45, 7) is 17.9. The van der Waals surface area contributed by atoms with Gasteiger partial charge in [-0.2, -0.15) is 0 Å². The van der Waals surface area contributed by atoms with Crippen molar-refractivity contribution in [2.24, 2.45) is 0 Å². The summed E-state index contributed by atoms with van der Waals surface area (Å²) in [7, 11) is 4.70. The molecule has 9 heteroatoms. The van der Waals surface area contributed by atoms with E-state index < -0.39 is 0 Å². The zero-order valence-corrected chi connectivity index (χ0v) is 26.7. The molecule has 0 saturated carbocycles. The van der Waals surface area contributed by atoms with E-state index in [0.29, 0.717) is 53.8 Å². The molecule has 45 heavy (non-hydrogen) atoms. The van der Waals surface area contributed by atoms with Gasteiger partial charge >= 0.3 is 18.0 Å². The molecule has 0 radical (unpaired) electrons. The average molecular weight is 610 g/mol. The topological polar surface area (TPSA) is 94.1 Å². The van der Waals surface area contributed by atoms with E-state index in [1.807, 2.05) is 57.2 Å². The number of ether oxygens (including phenoxy) is 6. The van der Waals surface area contributed by atoms with E-state index in [1.54, 1.807) is 39.5 Å². The number of hydrogen-bond acceptors (Lipinski definition) is 9. The fourth-order valence-corrected chi connectivity index (χ4v) is 4.52. The number of rotatable bonds is 15. The molecule has 234 valence electrons. The summed E-state index contributed by atoms with van der Waals surface area (Å²) in [4.78, 5) is 13.3. The zero-order valence-electron chi connectivity index (χ0n) is 26.7. The molecule has 0 spiro atoms. The molecule has 0 aliphatic carbocycles. The summed E-state index contributed by atoms with van der Waals surface area (Å²) >= 11 is 0. The smallest absolute Gasteiger partial charge is 0.331 e. The van der Waals surface area contributed by atoms with Crippen molar-refractivity contribution in [2.45, 2.75) is 40.0 Å². The fraction of sp³-hybridized carbons (Fsp3) is 0.250.